The van der Waals surface area contributed by atoms with Crippen LogP contribution in [0.1, 0.15) is 18.9 Å². The topological polar surface area (TPSA) is 75.9 Å². The molecule has 1 fully saturated rings. The molecule has 2 aromatic rings. The Hall–Kier alpha value is -2.23. The van der Waals surface area contributed by atoms with Gasteiger partial charge in [0.1, 0.15) is 15.8 Å². The van der Waals surface area contributed by atoms with Crippen molar-refractivity contribution in [1.29, 1.82) is 0 Å². The van der Waals surface area contributed by atoms with Gasteiger partial charge in [-0.1, -0.05) is 37.0 Å². The third kappa shape index (κ3) is 4.05. The number of hydrogen-bond donors (Lipinski definition) is 1. The van der Waals surface area contributed by atoms with Gasteiger partial charge in [0.05, 0.1) is 23.6 Å². The van der Waals surface area contributed by atoms with Crippen molar-refractivity contribution in [3.8, 4) is 0 Å². The van der Waals surface area contributed by atoms with E-state index in [1.807, 2.05) is 13.0 Å². The summed E-state index contributed by atoms with van der Waals surface area (Å²) in [6.45, 7) is 3.48. The van der Waals surface area contributed by atoms with Crippen molar-refractivity contribution in [2.75, 3.05) is 32.1 Å². The first-order chi connectivity index (χ1) is 13.1. The Morgan fingerprint density at radius 1 is 1.37 bits per heavy atom. The fourth-order valence-corrected chi connectivity index (χ4v) is 3.91. The van der Waals surface area contributed by atoms with Gasteiger partial charge in [-0.25, -0.2) is 4.98 Å². The molecule has 7 nitrogen and oxygen atoms in total. The van der Waals surface area contributed by atoms with E-state index in [1.165, 1.54) is 21.1 Å². The minimum Gasteiger partial charge on any atom is -0.383 e. The summed E-state index contributed by atoms with van der Waals surface area (Å²) >= 11 is 6.48. The molecule has 1 N–H and O–H groups in total. The number of rotatable bonds is 7. The van der Waals surface area contributed by atoms with Crippen LogP contribution in [0, 0.1) is 0 Å². The number of amides is 1. The van der Waals surface area contributed by atoms with Crippen molar-refractivity contribution < 1.29 is 9.53 Å². The lowest BCUT2D eigenvalue weighted by Crippen LogP contribution is -2.31. The summed E-state index contributed by atoms with van der Waals surface area (Å²) in [5, 5.41) is 3.19. The molecule has 0 atom stereocenters. The molecule has 3 heterocycles. The average Bonchev–Trinajstić information content (AvgIpc) is 2.94. The molecule has 0 bridgehead atoms. The van der Waals surface area contributed by atoms with Crippen LogP contribution in [0.15, 0.2) is 34.1 Å². The first-order valence-electron chi connectivity index (χ1n) is 8.56. The highest BCUT2D eigenvalue weighted by molar-refractivity contribution is 8.26. The molecule has 1 amide bonds. The number of nitrogens with zero attached hydrogens (tertiary/aromatic N) is 3. The molecular formula is C18H20N4O3S2. The molecule has 3 rings (SSSR count). The molecular weight excluding hydrogens is 384 g/mol. The molecule has 0 spiro atoms. The van der Waals surface area contributed by atoms with Gasteiger partial charge in [-0.05, 0) is 24.6 Å². The number of carbonyl (C=O) groups is 1. The molecule has 0 aromatic carbocycles. The van der Waals surface area contributed by atoms with Crippen LogP contribution in [0.5, 0.6) is 0 Å². The van der Waals surface area contributed by atoms with E-state index in [9.17, 15) is 9.59 Å². The molecule has 1 aliphatic rings. The fourth-order valence-electron chi connectivity index (χ4n) is 2.62. The maximum Gasteiger partial charge on any atom is 0.267 e. The van der Waals surface area contributed by atoms with E-state index in [1.54, 1.807) is 31.5 Å². The van der Waals surface area contributed by atoms with Gasteiger partial charge in [0.25, 0.3) is 11.5 Å². The quantitative estimate of drug-likeness (QED) is 0.561. The largest absolute Gasteiger partial charge is 0.383 e. The molecule has 0 radical (unpaired) electrons. The SMILES string of the molecule is CCCNc1nc2ccccn2c(=O)c1C=C1SC(=S)N(CCOC)C1=O. The number of anilines is 1. The Bertz CT molecular complexity index is 971. The lowest BCUT2D eigenvalue weighted by Gasteiger charge is -2.13. The number of nitrogens with one attached hydrogen (secondary N) is 1. The minimum absolute atomic E-state index is 0.221. The van der Waals surface area contributed by atoms with Crippen LogP contribution >= 0.6 is 24.0 Å². The van der Waals surface area contributed by atoms with E-state index in [-0.39, 0.29) is 11.5 Å². The second kappa shape index (κ2) is 8.64. The maximum atomic E-state index is 13.0. The number of hydrogen-bond acceptors (Lipinski definition) is 7. The Morgan fingerprint density at radius 2 is 2.19 bits per heavy atom. The van der Waals surface area contributed by atoms with Gasteiger partial charge in [0.2, 0.25) is 0 Å². The second-order valence-corrected chi connectivity index (χ2v) is 7.54. The number of aromatic nitrogens is 2. The average molecular weight is 405 g/mol. The van der Waals surface area contributed by atoms with Gasteiger partial charge in [-0.15, -0.1) is 0 Å². The van der Waals surface area contributed by atoms with E-state index < -0.39 is 0 Å². The zero-order valence-corrected chi connectivity index (χ0v) is 16.7. The molecule has 0 saturated carbocycles. The maximum absolute atomic E-state index is 13.0. The van der Waals surface area contributed by atoms with Crippen molar-refractivity contribution in [2.24, 2.45) is 0 Å². The number of thioether (sulfide) groups is 1. The summed E-state index contributed by atoms with van der Waals surface area (Å²) in [5.41, 5.74) is 0.659. The molecule has 142 valence electrons. The number of thiocarbonyl (C=S) groups is 1. The highest BCUT2D eigenvalue weighted by Crippen LogP contribution is 2.32. The van der Waals surface area contributed by atoms with Crippen LogP contribution in [-0.4, -0.2) is 51.3 Å². The summed E-state index contributed by atoms with van der Waals surface area (Å²) in [5.74, 6) is 0.247. The van der Waals surface area contributed by atoms with Gasteiger partial charge in [0.15, 0.2) is 0 Å². The minimum atomic E-state index is -0.235. The molecule has 9 heteroatoms. The van der Waals surface area contributed by atoms with Crippen LogP contribution < -0.4 is 10.9 Å². The zero-order valence-electron chi connectivity index (χ0n) is 15.1. The number of pyridine rings is 1. The number of ether oxygens (including phenoxy) is 1. The second-order valence-electron chi connectivity index (χ2n) is 5.86. The Morgan fingerprint density at radius 3 is 2.93 bits per heavy atom. The molecule has 0 aliphatic carbocycles. The summed E-state index contributed by atoms with van der Waals surface area (Å²) in [7, 11) is 1.57. The van der Waals surface area contributed by atoms with Crippen molar-refractivity contribution in [1.82, 2.24) is 14.3 Å². The summed E-state index contributed by atoms with van der Waals surface area (Å²) in [4.78, 5) is 32.1. The number of methoxy groups -OCH3 is 1. The Labute approximate surface area is 166 Å². The predicted molar refractivity (Wildman–Crippen MR) is 112 cm³/mol. The van der Waals surface area contributed by atoms with E-state index in [4.69, 9.17) is 17.0 Å². The molecule has 1 aliphatic heterocycles. The van der Waals surface area contributed by atoms with E-state index in [2.05, 4.69) is 10.3 Å². The van der Waals surface area contributed by atoms with Crippen LogP contribution in [0.3, 0.4) is 0 Å². The first kappa shape index (κ1) is 19.5. The number of fused-ring (bicyclic) bond motifs is 1. The Kier molecular flexibility index (Phi) is 6.25. The van der Waals surface area contributed by atoms with Gasteiger partial charge in [0, 0.05) is 19.9 Å². The van der Waals surface area contributed by atoms with Gasteiger partial charge < -0.3 is 10.1 Å². The smallest absolute Gasteiger partial charge is 0.267 e. The predicted octanol–water partition coefficient (Wildman–Crippen LogP) is 2.36. The lowest BCUT2D eigenvalue weighted by atomic mass is 10.2. The van der Waals surface area contributed by atoms with Gasteiger partial charge in [-0.2, -0.15) is 0 Å². The normalized spacial score (nSPS) is 15.9. The molecule has 2 aromatic heterocycles. The summed E-state index contributed by atoms with van der Waals surface area (Å²) in [6.07, 6.45) is 4.13. The summed E-state index contributed by atoms with van der Waals surface area (Å²) in [6, 6.07) is 5.36. The number of carbonyl (C=O) groups excluding carboxylic acids is 1. The van der Waals surface area contributed by atoms with Crippen LogP contribution in [0.4, 0.5) is 5.82 Å². The third-order valence-corrected chi connectivity index (χ3v) is 5.36. The van der Waals surface area contributed by atoms with E-state index in [0.29, 0.717) is 46.0 Å². The highest BCUT2D eigenvalue weighted by atomic mass is 32.2. The monoisotopic (exact) mass is 404 g/mol. The van der Waals surface area contributed by atoms with Crippen LogP contribution in [0.2, 0.25) is 0 Å². The van der Waals surface area contributed by atoms with Crippen LogP contribution in [-0.2, 0) is 9.53 Å². The van der Waals surface area contributed by atoms with Crippen molar-refractivity contribution in [2.45, 2.75) is 13.3 Å². The highest BCUT2D eigenvalue weighted by Gasteiger charge is 2.32. The fraction of sp³-hybridized carbons (Fsp3) is 0.333. The van der Waals surface area contributed by atoms with Crippen molar-refractivity contribution in [3.63, 3.8) is 0 Å². The summed E-state index contributed by atoms with van der Waals surface area (Å²) < 4.78 is 6.95. The van der Waals surface area contributed by atoms with Crippen LogP contribution in [0.25, 0.3) is 11.7 Å². The first-order valence-corrected chi connectivity index (χ1v) is 9.79. The lowest BCUT2D eigenvalue weighted by molar-refractivity contribution is -0.122. The van der Waals surface area contributed by atoms with Gasteiger partial charge in [-0.3, -0.25) is 18.9 Å². The third-order valence-electron chi connectivity index (χ3n) is 3.98. The Balaban J connectivity index is 2.06. The molecule has 27 heavy (non-hydrogen) atoms. The van der Waals surface area contributed by atoms with Crippen molar-refractivity contribution in [3.05, 3.63) is 45.2 Å². The molecule has 1 saturated heterocycles. The van der Waals surface area contributed by atoms with Crippen molar-refractivity contribution >= 4 is 51.7 Å². The molecule has 0 unspecified atom stereocenters. The van der Waals surface area contributed by atoms with Gasteiger partial charge >= 0.3 is 0 Å². The zero-order chi connectivity index (χ0) is 19.4. The van der Waals surface area contributed by atoms with E-state index >= 15 is 0 Å². The standard InChI is InChI=1S/C18H20N4O3S2/c1-3-7-19-15-12(16(23)21-8-5-4-6-14(21)20-15)11-13-17(24)22(9-10-25-2)18(26)27-13/h4-6,8,11,19H,3,7,9-10H2,1-2H3. The van der Waals surface area contributed by atoms with E-state index in [0.717, 1.165) is 6.42 Å².